The number of carbonyl (C=O) groups is 3. The highest BCUT2D eigenvalue weighted by atomic mass is 16.6. The van der Waals surface area contributed by atoms with Crippen molar-refractivity contribution in [3.63, 3.8) is 0 Å². The Labute approximate surface area is 190 Å². The first-order valence-electron chi connectivity index (χ1n) is 10.3. The van der Waals surface area contributed by atoms with Crippen molar-refractivity contribution in [2.24, 2.45) is 10.9 Å². The van der Waals surface area contributed by atoms with E-state index in [0.29, 0.717) is 11.3 Å². The van der Waals surface area contributed by atoms with Crippen LogP contribution in [0.4, 0.5) is 10.5 Å². The van der Waals surface area contributed by atoms with E-state index in [4.69, 9.17) is 14.2 Å². The number of nitro groups is 1. The Hall–Kier alpha value is -3.76. The van der Waals surface area contributed by atoms with Crippen molar-refractivity contribution in [3.8, 4) is 0 Å². The summed E-state index contributed by atoms with van der Waals surface area (Å²) in [5, 5.41) is 13.7. The van der Waals surface area contributed by atoms with Crippen molar-refractivity contribution >= 4 is 29.4 Å². The first-order chi connectivity index (χ1) is 15.6. The number of benzene rings is 1. The molecule has 0 aliphatic carbocycles. The Balaban J connectivity index is 2.73. The van der Waals surface area contributed by atoms with Gasteiger partial charge < -0.3 is 19.5 Å². The van der Waals surface area contributed by atoms with Gasteiger partial charge in [-0.3, -0.25) is 19.9 Å². The van der Waals surface area contributed by atoms with Gasteiger partial charge in [0.1, 0.15) is 12.5 Å². The number of hydrogen-bond acceptors (Lipinski definition) is 9. The molecule has 33 heavy (non-hydrogen) atoms. The Morgan fingerprint density at radius 2 is 1.94 bits per heavy atom. The lowest BCUT2D eigenvalue weighted by atomic mass is 9.75. The number of rotatable bonds is 8. The topological polar surface area (TPSA) is 146 Å². The van der Waals surface area contributed by atoms with Crippen LogP contribution in [-0.2, 0) is 23.8 Å². The number of esters is 2. The van der Waals surface area contributed by atoms with Gasteiger partial charge in [-0.05, 0) is 33.3 Å². The summed E-state index contributed by atoms with van der Waals surface area (Å²) in [5.74, 6) is -3.47. The molecular weight excluding hydrogens is 434 g/mol. The standard InChI is InChI=1S/C22H27N3O8/c1-6-31-20(26)19-16(11-32-22(28)23-5)24-13(4)17(21(27)33-12(2)3)18(19)14-8-7-9-15(10-14)25(29)30/h7-10,12,17-18H,6,11H2,1-5H3,(H,23,28). The average molecular weight is 461 g/mol. The van der Waals surface area contributed by atoms with Gasteiger partial charge in [0.2, 0.25) is 0 Å². The van der Waals surface area contributed by atoms with Crippen LogP contribution in [0.3, 0.4) is 0 Å². The summed E-state index contributed by atoms with van der Waals surface area (Å²) in [4.78, 5) is 52.9. The fourth-order valence-corrected chi connectivity index (χ4v) is 3.50. The van der Waals surface area contributed by atoms with Crippen LogP contribution in [0.2, 0.25) is 0 Å². The van der Waals surface area contributed by atoms with E-state index < -0.39 is 40.9 Å². The van der Waals surface area contributed by atoms with E-state index in [1.165, 1.54) is 25.2 Å². The lowest BCUT2D eigenvalue weighted by molar-refractivity contribution is -0.384. The molecule has 0 spiro atoms. The highest BCUT2D eigenvalue weighted by molar-refractivity contribution is 6.07. The molecule has 2 unspecified atom stereocenters. The number of nitro benzene ring substituents is 1. The van der Waals surface area contributed by atoms with Gasteiger partial charge in [-0.25, -0.2) is 9.59 Å². The molecule has 1 aliphatic heterocycles. The predicted molar refractivity (Wildman–Crippen MR) is 118 cm³/mol. The minimum absolute atomic E-state index is 0.0300. The second-order valence-corrected chi connectivity index (χ2v) is 7.45. The maximum atomic E-state index is 13.1. The maximum absolute atomic E-state index is 13.1. The van der Waals surface area contributed by atoms with E-state index in [1.807, 2.05) is 0 Å². The first-order valence-corrected chi connectivity index (χ1v) is 10.3. The van der Waals surface area contributed by atoms with Crippen LogP contribution in [0.1, 0.15) is 39.2 Å². The number of amides is 1. The van der Waals surface area contributed by atoms with Crippen LogP contribution in [0.5, 0.6) is 0 Å². The Kier molecular flexibility index (Phi) is 8.66. The number of aliphatic imine (C=N–C) groups is 1. The molecule has 0 aromatic heterocycles. The van der Waals surface area contributed by atoms with Gasteiger partial charge in [-0.15, -0.1) is 0 Å². The normalized spacial score (nSPS) is 17.8. The molecule has 1 aromatic carbocycles. The van der Waals surface area contributed by atoms with Gasteiger partial charge in [-0.2, -0.15) is 0 Å². The molecule has 0 saturated heterocycles. The van der Waals surface area contributed by atoms with Crippen LogP contribution in [0.25, 0.3) is 0 Å². The van der Waals surface area contributed by atoms with Crippen LogP contribution < -0.4 is 5.32 Å². The van der Waals surface area contributed by atoms with Crippen molar-refractivity contribution in [2.75, 3.05) is 20.3 Å². The second-order valence-electron chi connectivity index (χ2n) is 7.45. The van der Waals surface area contributed by atoms with E-state index in [0.717, 1.165) is 0 Å². The largest absolute Gasteiger partial charge is 0.463 e. The van der Waals surface area contributed by atoms with Crippen molar-refractivity contribution in [1.82, 2.24) is 5.32 Å². The summed E-state index contributed by atoms with van der Waals surface area (Å²) >= 11 is 0. The van der Waals surface area contributed by atoms with Crippen molar-refractivity contribution in [3.05, 3.63) is 51.2 Å². The minimum atomic E-state index is -1.04. The molecule has 1 aliphatic rings. The van der Waals surface area contributed by atoms with E-state index in [2.05, 4.69) is 10.3 Å². The number of non-ortho nitro benzene ring substituents is 1. The number of nitrogens with zero attached hydrogens (tertiary/aromatic N) is 2. The summed E-state index contributed by atoms with van der Waals surface area (Å²) in [6.45, 7) is 6.22. The van der Waals surface area contributed by atoms with Gasteiger partial charge in [0, 0.05) is 30.8 Å². The molecule has 1 amide bonds. The van der Waals surface area contributed by atoms with Gasteiger partial charge >= 0.3 is 18.0 Å². The summed E-state index contributed by atoms with van der Waals surface area (Å²) in [5.41, 5.74) is 0.470. The van der Waals surface area contributed by atoms with E-state index in [-0.39, 0.29) is 30.2 Å². The molecule has 0 fully saturated rings. The lowest BCUT2D eigenvalue weighted by Gasteiger charge is -2.32. The van der Waals surface area contributed by atoms with E-state index >= 15 is 0 Å². The number of ether oxygens (including phenoxy) is 3. The zero-order chi connectivity index (χ0) is 24.7. The minimum Gasteiger partial charge on any atom is -0.463 e. The fraction of sp³-hybridized carbons (Fsp3) is 0.455. The van der Waals surface area contributed by atoms with Gasteiger partial charge in [-0.1, -0.05) is 12.1 Å². The molecule has 178 valence electrons. The third kappa shape index (κ3) is 6.15. The Morgan fingerprint density at radius 3 is 2.52 bits per heavy atom. The van der Waals surface area contributed by atoms with Crippen LogP contribution in [0, 0.1) is 16.0 Å². The first kappa shape index (κ1) is 25.5. The summed E-state index contributed by atoms with van der Waals surface area (Å²) in [6.07, 6.45) is -1.18. The molecule has 2 atom stereocenters. The zero-order valence-electron chi connectivity index (χ0n) is 19.1. The van der Waals surface area contributed by atoms with Crippen LogP contribution in [0.15, 0.2) is 40.5 Å². The predicted octanol–water partition coefficient (Wildman–Crippen LogP) is 2.89. The molecule has 0 radical (unpaired) electrons. The van der Waals surface area contributed by atoms with Gasteiger partial charge in [0.25, 0.3) is 5.69 Å². The van der Waals surface area contributed by atoms with Crippen LogP contribution >= 0.6 is 0 Å². The molecule has 11 heteroatoms. The quantitative estimate of drug-likeness (QED) is 0.269. The van der Waals surface area contributed by atoms with E-state index in [9.17, 15) is 24.5 Å². The number of alkyl carbamates (subject to hydrolysis) is 1. The van der Waals surface area contributed by atoms with Gasteiger partial charge in [0.15, 0.2) is 0 Å². The van der Waals surface area contributed by atoms with Crippen LogP contribution in [-0.4, -0.2) is 55.0 Å². The summed E-state index contributed by atoms with van der Waals surface area (Å²) in [7, 11) is 1.38. The highest BCUT2D eigenvalue weighted by Gasteiger charge is 2.44. The Bertz CT molecular complexity index is 999. The third-order valence-corrected chi connectivity index (χ3v) is 4.80. The fourth-order valence-electron chi connectivity index (χ4n) is 3.50. The average Bonchev–Trinajstić information content (AvgIpc) is 2.76. The number of hydrogen-bond donors (Lipinski definition) is 1. The highest BCUT2D eigenvalue weighted by Crippen LogP contribution is 2.41. The second kappa shape index (κ2) is 11.2. The zero-order valence-corrected chi connectivity index (χ0v) is 19.1. The molecule has 1 heterocycles. The summed E-state index contributed by atoms with van der Waals surface area (Å²) in [6, 6.07) is 5.62. The SMILES string of the molecule is CCOC(=O)C1=C(COC(=O)NC)N=C(C)C(C(=O)OC(C)C)C1c1cccc([N+](=O)[O-])c1. The van der Waals surface area contributed by atoms with Gasteiger partial charge in [0.05, 0.1) is 28.9 Å². The molecule has 1 aromatic rings. The van der Waals surface area contributed by atoms with Crippen molar-refractivity contribution in [1.29, 1.82) is 0 Å². The third-order valence-electron chi connectivity index (χ3n) is 4.80. The lowest BCUT2D eigenvalue weighted by Crippen LogP contribution is -2.38. The number of carbonyl (C=O) groups excluding carboxylic acids is 3. The van der Waals surface area contributed by atoms with Crippen molar-refractivity contribution in [2.45, 2.75) is 39.7 Å². The maximum Gasteiger partial charge on any atom is 0.407 e. The molecular formula is C22H27N3O8. The summed E-state index contributed by atoms with van der Waals surface area (Å²) < 4.78 is 15.7. The molecule has 1 N–H and O–H groups in total. The molecule has 2 rings (SSSR count). The van der Waals surface area contributed by atoms with Crippen molar-refractivity contribution < 1.29 is 33.5 Å². The molecule has 11 nitrogen and oxygen atoms in total. The number of nitrogens with one attached hydrogen (secondary N) is 1. The molecule has 0 bridgehead atoms. The van der Waals surface area contributed by atoms with E-state index in [1.54, 1.807) is 33.8 Å². The molecule has 0 saturated carbocycles. The smallest absolute Gasteiger partial charge is 0.407 e. The monoisotopic (exact) mass is 461 g/mol. The Morgan fingerprint density at radius 1 is 1.24 bits per heavy atom.